The molecule has 1 saturated carbocycles. The molecular formula is C14H16O3. The van der Waals surface area contributed by atoms with E-state index in [1.807, 2.05) is 30.3 Å². The van der Waals surface area contributed by atoms with Crippen LogP contribution in [0.1, 0.15) is 24.8 Å². The fraction of sp³-hybridized carbons (Fsp3) is 0.500. The first kappa shape index (κ1) is 10.9. The Morgan fingerprint density at radius 3 is 2.41 bits per heavy atom. The minimum atomic E-state index is -0.503. The van der Waals surface area contributed by atoms with Gasteiger partial charge in [-0.1, -0.05) is 30.3 Å². The predicted molar refractivity (Wildman–Crippen MR) is 62.7 cm³/mol. The normalized spacial score (nSPS) is 30.8. The number of carbonyl (C=O) groups is 1. The molecule has 1 unspecified atom stereocenters. The van der Waals surface area contributed by atoms with E-state index in [1.165, 1.54) is 0 Å². The van der Waals surface area contributed by atoms with E-state index in [-0.39, 0.29) is 0 Å². The van der Waals surface area contributed by atoms with Gasteiger partial charge in [0, 0.05) is 12.8 Å². The van der Waals surface area contributed by atoms with Crippen molar-refractivity contribution in [3.05, 3.63) is 35.9 Å². The van der Waals surface area contributed by atoms with Gasteiger partial charge in [0.2, 0.25) is 0 Å². The van der Waals surface area contributed by atoms with E-state index in [1.54, 1.807) is 0 Å². The van der Waals surface area contributed by atoms with Crippen molar-refractivity contribution < 1.29 is 14.3 Å². The van der Waals surface area contributed by atoms with Gasteiger partial charge in [-0.05, 0) is 12.0 Å². The van der Waals surface area contributed by atoms with Crippen LogP contribution in [0, 0.1) is 0 Å². The molecule has 0 bridgehead atoms. The summed E-state index contributed by atoms with van der Waals surface area (Å²) in [6.07, 6.45) is 3.33. The Bertz CT molecular complexity index is 409. The van der Waals surface area contributed by atoms with Gasteiger partial charge < -0.3 is 14.3 Å². The van der Waals surface area contributed by atoms with Crippen LogP contribution in [0.5, 0.6) is 0 Å². The highest BCUT2D eigenvalue weighted by atomic mass is 16.7. The molecule has 17 heavy (non-hydrogen) atoms. The summed E-state index contributed by atoms with van der Waals surface area (Å²) >= 11 is 0. The average molecular weight is 232 g/mol. The minimum Gasteiger partial charge on any atom is -0.347 e. The van der Waals surface area contributed by atoms with Crippen LogP contribution in [0.4, 0.5) is 0 Å². The van der Waals surface area contributed by atoms with Gasteiger partial charge in [-0.25, -0.2) is 0 Å². The van der Waals surface area contributed by atoms with E-state index in [2.05, 4.69) is 0 Å². The van der Waals surface area contributed by atoms with Gasteiger partial charge in [0.25, 0.3) is 0 Å². The summed E-state index contributed by atoms with van der Waals surface area (Å²) in [5.74, 6) is -0.503. The van der Waals surface area contributed by atoms with Crippen molar-refractivity contribution in [3.63, 3.8) is 0 Å². The molecule has 0 N–H and O–H groups in total. The maximum absolute atomic E-state index is 11.6. The van der Waals surface area contributed by atoms with Crippen LogP contribution in [0.25, 0.3) is 0 Å². The number of aldehydes is 1. The fourth-order valence-electron chi connectivity index (χ4n) is 3.00. The third-order valence-corrected chi connectivity index (χ3v) is 3.92. The lowest BCUT2D eigenvalue weighted by atomic mass is 9.80. The van der Waals surface area contributed by atoms with Crippen molar-refractivity contribution in [1.82, 2.24) is 0 Å². The van der Waals surface area contributed by atoms with E-state index in [4.69, 9.17) is 9.47 Å². The number of hydrogen-bond acceptors (Lipinski definition) is 3. The maximum atomic E-state index is 11.6. The average Bonchev–Trinajstić information content (AvgIpc) is 3.00. The molecule has 1 aliphatic heterocycles. The van der Waals surface area contributed by atoms with Gasteiger partial charge in [-0.2, -0.15) is 0 Å². The van der Waals surface area contributed by atoms with Gasteiger partial charge >= 0.3 is 0 Å². The first-order valence-corrected chi connectivity index (χ1v) is 6.08. The van der Waals surface area contributed by atoms with Crippen LogP contribution in [0.2, 0.25) is 0 Å². The minimum absolute atomic E-state index is 0.425. The zero-order valence-corrected chi connectivity index (χ0v) is 9.72. The van der Waals surface area contributed by atoms with Gasteiger partial charge in [0.15, 0.2) is 5.79 Å². The van der Waals surface area contributed by atoms with Crippen LogP contribution in [-0.2, 0) is 19.7 Å². The van der Waals surface area contributed by atoms with Crippen molar-refractivity contribution in [1.29, 1.82) is 0 Å². The standard InChI is InChI=1S/C14H16O3/c15-11-13(12-4-2-1-3-5-12)6-7-14(10-13)16-8-9-17-14/h1-5,11H,6-10H2. The van der Waals surface area contributed by atoms with Crippen molar-refractivity contribution in [2.75, 3.05) is 13.2 Å². The molecule has 1 aliphatic carbocycles. The Kier molecular flexibility index (Phi) is 2.53. The van der Waals surface area contributed by atoms with E-state index < -0.39 is 11.2 Å². The molecule has 0 aromatic heterocycles. The molecule has 1 atom stereocenters. The van der Waals surface area contributed by atoms with Crippen LogP contribution < -0.4 is 0 Å². The molecule has 1 spiro atoms. The quantitative estimate of drug-likeness (QED) is 0.732. The number of ether oxygens (including phenoxy) is 2. The highest BCUT2D eigenvalue weighted by Crippen LogP contribution is 2.48. The van der Waals surface area contributed by atoms with Crippen molar-refractivity contribution in [2.45, 2.75) is 30.5 Å². The van der Waals surface area contributed by atoms with Crippen LogP contribution in [0.15, 0.2) is 30.3 Å². The van der Waals surface area contributed by atoms with Gasteiger partial charge in [-0.3, -0.25) is 0 Å². The second kappa shape index (κ2) is 3.93. The molecule has 1 aromatic carbocycles. The SMILES string of the molecule is O=CC1(c2ccccc2)CCC2(C1)OCCO2. The third-order valence-electron chi connectivity index (χ3n) is 3.92. The van der Waals surface area contributed by atoms with E-state index >= 15 is 0 Å². The van der Waals surface area contributed by atoms with Crippen molar-refractivity contribution in [3.8, 4) is 0 Å². The fourth-order valence-corrected chi connectivity index (χ4v) is 3.00. The summed E-state index contributed by atoms with van der Waals surface area (Å²) in [5, 5.41) is 0. The highest BCUT2D eigenvalue weighted by molar-refractivity contribution is 5.69. The second-order valence-corrected chi connectivity index (χ2v) is 4.92. The monoisotopic (exact) mass is 232 g/mol. The Labute approximate surface area is 101 Å². The lowest BCUT2D eigenvalue weighted by Crippen LogP contribution is -2.32. The smallest absolute Gasteiger partial charge is 0.169 e. The van der Waals surface area contributed by atoms with Crippen molar-refractivity contribution in [2.24, 2.45) is 0 Å². The number of benzene rings is 1. The molecule has 0 amide bonds. The lowest BCUT2D eigenvalue weighted by molar-refractivity contribution is -0.154. The zero-order valence-electron chi connectivity index (χ0n) is 9.72. The molecule has 3 heteroatoms. The molecule has 90 valence electrons. The molecule has 2 fully saturated rings. The van der Waals surface area contributed by atoms with E-state index in [9.17, 15) is 4.79 Å². The third kappa shape index (κ3) is 1.70. The summed E-state index contributed by atoms with van der Waals surface area (Å²) in [7, 11) is 0. The summed E-state index contributed by atoms with van der Waals surface area (Å²) in [5.41, 5.74) is 0.650. The number of rotatable bonds is 2. The van der Waals surface area contributed by atoms with Crippen LogP contribution in [0.3, 0.4) is 0 Å². The Morgan fingerprint density at radius 2 is 1.76 bits per heavy atom. The van der Waals surface area contributed by atoms with Crippen LogP contribution >= 0.6 is 0 Å². The van der Waals surface area contributed by atoms with E-state index in [0.29, 0.717) is 19.6 Å². The summed E-state index contributed by atoms with van der Waals surface area (Å²) in [6.45, 7) is 1.29. The molecular weight excluding hydrogens is 216 g/mol. The maximum Gasteiger partial charge on any atom is 0.169 e. The second-order valence-electron chi connectivity index (χ2n) is 4.92. The molecule has 2 aliphatic rings. The first-order valence-electron chi connectivity index (χ1n) is 6.08. The Hall–Kier alpha value is -1.19. The topological polar surface area (TPSA) is 35.5 Å². The Balaban J connectivity index is 1.93. The summed E-state index contributed by atoms with van der Waals surface area (Å²) in [6, 6.07) is 9.95. The molecule has 0 radical (unpaired) electrons. The van der Waals surface area contributed by atoms with Crippen molar-refractivity contribution >= 4 is 6.29 Å². The Morgan fingerprint density at radius 1 is 1.06 bits per heavy atom. The predicted octanol–water partition coefficient (Wildman–Crippen LogP) is 2.05. The largest absolute Gasteiger partial charge is 0.347 e. The van der Waals surface area contributed by atoms with E-state index in [0.717, 1.165) is 24.7 Å². The molecule has 1 aromatic rings. The summed E-state index contributed by atoms with van der Waals surface area (Å²) in [4.78, 5) is 11.6. The first-order chi connectivity index (χ1) is 8.29. The number of hydrogen-bond donors (Lipinski definition) is 0. The van der Waals surface area contributed by atoms with Gasteiger partial charge in [-0.15, -0.1) is 0 Å². The molecule has 1 saturated heterocycles. The summed E-state index contributed by atoms with van der Waals surface area (Å²) < 4.78 is 11.4. The molecule has 1 heterocycles. The van der Waals surface area contributed by atoms with Crippen LogP contribution in [-0.4, -0.2) is 25.3 Å². The zero-order chi connectivity index (χ0) is 11.8. The van der Waals surface area contributed by atoms with Gasteiger partial charge in [0.05, 0.1) is 18.6 Å². The lowest BCUT2D eigenvalue weighted by Gasteiger charge is -2.26. The molecule has 3 rings (SSSR count). The number of carbonyl (C=O) groups excluding carboxylic acids is 1. The highest BCUT2D eigenvalue weighted by Gasteiger charge is 2.52. The molecule has 3 nitrogen and oxygen atoms in total. The van der Waals surface area contributed by atoms with Gasteiger partial charge in [0.1, 0.15) is 6.29 Å².